The molecule has 0 aromatic heterocycles. The smallest absolute Gasteiger partial charge is 0.310 e. The van der Waals surface area contributed by atoms with Gasteiger partial charge in [0.15, 0.2) is 0 Å². The quantitative estimate of drug-likeness (QED) is 0.194. The Morgan fingerprint density at radius 1 is 1.18 bits per heavy atom. The maximum atomic E-state index is 14.5. The first kappa shape index (κ1) is 30.7. The summed E-state index contributed by atoms with van der Waals surface area (Å²) in [6.45, 7) is 19.2. The Kier molecular flexibility index (Phi) is 9.83. The molecule has 214 valence electrons. The number of carbonyl (C=O) groups excluding carboxylic acids is 3. The van der Waals surface area contributed by atoms with Crippen molar-refractivity contribution in [3.8, 4) is 0 Å². The van der Waals surface area contributed by atoms with E-state index < -0.39 is 28.2 Å². The molecule has 3 saturated heterocycles. The number of ether oxygens (including phenoxy) is 1. The van der Waals surface area contributed by atoms with Gasteiger partial charge in [-0.1, -0.05) is 32.9 Å². The van der Waals surface area contributed by atoms with Gasteiger partial charge in [-0.15, -0.1) is 24.9 Å². The van der Waals surface area contributed by atoms with Crippen molar-refractivity contribution in [1.29, 1.82) is 0 Å². The van der Waals surface area contributed by atoms with Crippen LogP contribution in [0.1, 0.15) is 79.6 Å². The highest BCUT2D eigenvalue weighted by atomic mass is 32.2. The highest BCUT2D eigenvalue weighted by Crippen LogP contribution is 2.66. The molecule has 3 fully saturated rings. The van der Waals surface area contributed by atoms with Crippen molar-refractivity contribution in [1.82, 2.24) is 9.80 Å². The Hall–Kier alpha value is -1.80. The van der Waals surface area contributed by atoms with E-state index in [1.807, 2.05) is 11.0 Å². The minimum absolute atomic E-state index is 0.00677. The summed E-state index contributed by atoms with van der Waals surface area (Å²) in [4.78, 5) is 45.4. The van der Waals surface area contributed by atoms with Crippen LogP contribution in [0.5, 0.6) is 0 Å². The first-order chi connectivity index (χ1) is 17.8. The van der Waals surface area contributed by atoms with Crippen LogP contribution in [0.3, 0.4) is 0 Å². The number of unbranched alkanes of at least 4 members (excludes halogenated alkanes) is 2. The molecule has 0 saturated carbocycles. The van der Waals surface area contributed by atoms with Crippen LogP contribution in [0.15, 0.2) is 25.3 Å². The number of carbonyl (C=O) groups is 3. The Balaban J connectivity index is 1.94. The van der Waals surface area contributed by atoms with Crippen LogP contribution in [0.4, 0.5) is 0 Å². The molecule has 0 aromatic carbocycles. The van der Waals surface area contributed by atoms with Gasteiger partial charge in [-0.25, -0.2) is 0 Å². The van der Waals surface area contributed by atoms with E-state index >= 15 is 0 Å². The van der Waals surface area contributed by atoms with Crippen molar-refractivity contribution >= 4 is 29.5 Å². The first-order valence-electron chi connectivity index (χ1n) is 14.1. The average molecular weight is 549 g/mol. The molecule has 8 heteroatoms. The topological polar surface area (TPSA) is 87.1 Å². The van der Waals surface area contributed by atoms with Crippen LogP contribution in [0, 0.1) is 17.3 Å². The summed E-state index contributed by atoms with van der Waals surface area (Å²) in [5.41, 5.74) is -0.470. The fraction of sp³-hybridized carbons (Fsp3) is 0.767. The number of esters is 1. The summed E-state index contributed by atoms with van der Waals surface area (Å²) in [6.07, 6.45) is 8.81. The van der Waals surface area contributed by atoms with Crippen molar-refractivity contribution < 1.29 is 24.2 Å². The van der Waals surface area contributed by atoms with E-state index in [9.17, 15) is 19.5 Å². The molecule has 2 bridgehead atoms. The van der Waals surface area contributed by atoms with Crippen molar-refractivity contribution in [3.63, 3.8) is 0 Å². The van der Waals surface area contributed by atoms with Crippen LogP contribution >= 0.6 is 11.8 Å². The van der Waals surface area contributed by atoms with Gasteiger partial charge in [0.25, 0.3) is 0 Å². The molecule has 1 N–H and O–H groups in total. The highest BCUT2D eigenvalue weighted by molar-refractivity contribution is 8.02. The Morgan fingerprint density at radius 3 is 2.50 bits per heavy atom. The number of allylic oxidation sites excluding steroid dienone is 1. The molecule has 7 nitrogen and oxygen atoms in total. The molecule has 3 rings (SSSR count). The molecule has 1 spiro atoms. The zero-order valence-electron chi connectivity index (χ0n) is 24.0. The number of fused-ring (bicyclic) bond motifs is 1. The van der Waals surface area contributed by atoms with Gasteiger partial charge in [0.05, 0.1) is 23.2 Å². The Labute approximate surface area is 233 Å². The van der Waals surface area contributed by atoms with Crippen LogP contribution in [0.25, 0.3) is 0 Å². The SMILES string of the molecule is C=CCCCCOC(=O)[C@@H]1[C@H]2C(=O)N(CCCO)C(C(=O)N(CC=C)C(C)(C)CC(C)(C)C)C23CC[C@H]1S3. The van der Waals surface area contributed by atoms with Crippen molar-refractivity contribution in [2.45, 2.75) is 101 Å². The number of hydrogen-bond acceptors (Lipinski definition) is 6. The largest absolute Gasteiger partial charge is 0.465 e. The number of aliphatic hydroxyl groups is 1. The number of likely N-dealkylation sites (tertiary alicyclic amines) is 1. The molecule has 3 aliphatic heterocycles. The lowest BCUT2D eigenvalue weighted by Crippen LogP contribution is -2.60. The van der Waals surface area contributed by atoms with Crippen LogP contribution in [0.2, 0.25) is 0 Å². The fourth-order valence-electron chi connectivity index (χ4n) is 7.15. The number of thioether (sulfide) groups is 1. The van der Waals surface area contributed by atoms with Gasteiger partial charge in [-0.05, 0) is 64.2 Å². The molecule has 0 aromatic rings. The van der Waals surface area contributed by atoms with Gasteiger partial charge < -0.3 is 19.6 Å². The summed E-state index contributed by atoms with van der Waals surface area (Å²) >= 11 is 1.66. The maximum Gasteiger partial charge on any atom is 0.310 e. The van der Waals surface area contributed by atoms with Gasteiger partial charge in [0.1, 0.15) is 6.04 Å². The lowest BCUT2D eigenvalue weighted by atomic mass is 9.71. The van der Waals surface area contributed by atoms with Gasteiger partial charge >= 0.3 is 5.97 Å². The standard InChI is InChI=1S/C30H48N2O5S/c1-8-10-11-12-19-37-27(36)22-21-14-15-30(38-21)23(22)25(34)31(17-13-18-33)24(30)26(35)32(16-9-2)29(6,7)20-28(3,4)5/h8-9,21-24,33H,1-2,10-20H2,3-7H3/t21-,22+,23+,24?,30?/m1/s1. The third-order valence-electron chi connectivity index (χ3n) is 8.18. The minimum atomic E-state index is -0.675. The first-order valence-corrected chi connectivity index (χ1v) is 15.0. The van der Waals surface area contributed by atoms with E-state index in [0.717, 1.165) is 38.5 Å². The van der Waals surface area contributed by atoms with Crippen LogP contribution < -0.4 is 0 Å². The van der Waals surface area contributed by atoms with E-state index in [4.69, 9.17) is 4.74 Å². The molecule has 3 aliphatic rings. The van der Waals surface area contributed by atoms with Crippen molar-refractivity contribution in [3.05, 3.63) is 25.3 Å². The molecular formula is C30H48N2O5S. The van der Waals surface area contributed by atoms with E-state index in [1.54, 1.807) is 22.7 Å². The number of hydrogen-bond donors (Lipinski definition) is 1. The third-order valence-corrected chi connectivity index (χ3v) is 10.1. The molecule has 5 atom stereocenters. The summed E-state index contributed by atoms with van der Waals surface area (Å²) in [5.74, 6) is -1.65. The minimum Gasteiger partial charge on any atom is -0.465 e. The predicted molar refractivity (Wildman–Crippen MR) is 153 cm³/mol. The van der Waals surface area contributed by atoms with Gasteiger partial charge in [0.2, 0.25) is 11.8 Å². The third kappa shape index (κ3) is 6.01. The molecule has 2 amide bonds. The van der Waals surface area contributed by atoms with Crippen molar-refractivity contribution in [2.75, 3.05) is 26.3 Å². The molecule has 38 heavy (non-hydrogen) atoms. The van der Waals surface area contributed by atoms with Gasteiger partial charge in [0, 0.05) is 30.5 Å². The summed E-state index contributed by atoms with van der Waals surface area (Å²) < 4.78 is 5.02. The molecular weight excluding hydrogens is 500 g/mol. The zero-order valence-corrected chi connectivity index (χ0v) is 24.9. The van der Waals surface area contributed by atoms with E-state index in [2.05, 4.69) is 47.8 Å². The Morgan fingerprint density at radius 2 is 1.89 bits per heavy atom. The van der Waals surface area contributed by atoms with Crippen LogP contribution in [-0.2, 0) is 19.1 Å². The molecule has 3 heterocycles. The average Bonchev–Trinajstić information content (AvgIpc) is 3.46. The van der Waals surface area contributed by atoms with Crippen molar-refractivity contribution in [2.24, 2.45) is 17.3 Å². The summed E-state index contributed by atoms with van der Waals surface area (Å²) in [6, 6.07) is -0.675. The highest BCUT2D eigenvalue weighted by Gasteiger charge is 2.74. The molecule has 0 radical (unpaired) electrons. The zero-order chi connectivity index (χ0) is 28.3. The fourth-order valence-corrected chi connectivity index (χ4v) is 9.35. The lowest BCUT2D eigenvalue weighted by Gasteiger charge is -2.46. The second kappa shape index (κ2) is 12.2. The summed E-state index contributed by atoms with van der Waals surface area (Å²) in [5, 5.41) is 9.57. The monoisotopic (exact) mass is 548 g/mol. The summed E-state index contributed by atoms with van der Waals surface area (Å²) in [7, 11) is 0. The number of rotatable bonds is 14. The van der Waals surface area contributed by atoms with E-state index in [1.165, 1.54) is 0 Å². The molecule has 2 unspecified atom stereocenters. The van der Waals surface area contributed by atoms with Gasteiger partial charge in [-0.3, -0.25) is 14.4 Å². The second-order valence-electron chi connectivity index (χ2n) is 12.9. The van der Waals surface area contributed by atoms with E-state index in [-0.39, 0.29) is 35.1 Å². The Bertz CT molecular complexity index is 913. The number of amides is 2. The van der Waals surface area contributed by atoms with Crippen LogP contribution in [-0.4, -0.2) is 80.6 Å². The van der Waals surface area contributed by atoms with Gasteiger partial charge in [-0.2, -0.15) is 0 Å². The second-order valence-corrected chi connectivity index (χ2v) is 14.5. The number of nitrogens with zero attached hydrogens (tertiary/aromatic N) is 2. The number of aliphatic hydroxyl groups excluding tert-OH is 1. The predicted octanol–water partition coefficient (Wildman–Crippen LogP) is 4.59. The molecule has 0 aliphatic carbocycles. The normalized spacial score (nSPS) is 28.4. The lowest BCUT2D eigenvalue weighted by molar-refractivity contribution is -0.154. The maximum absolute atomic E-state index is 14.5. The van der Waals surface area contributed by atoms with E-state index in [0.29, 0.717) is 26.1 Å².